The third-order valence-corrected chi connectivity index (χ3v) is 4.17. The van der Waals surface area contributed by atoms with Crippen LogP contribution in [-0.2, 0) is 6.54 Å². The molecule has 0 aliphatic heterocycles. The van der Waals surface area contributed by atoms with Crippen LogP contribution < -0.4 is 5.32 Å². The predicted octanol–water partition coefficient (Wildman–Crippen LogP) is 3.63. The molecule has 2 N–H and O–H groups in total. The van der Waals surface area contributed by atoms with Crippen molar-refractivity contribution in [3.05, 3.63) is 35.9 Å². The maximum Gasteiger partial charge on any atom is 0.407 e. The molecule has 1 amide bonds. The SMILES string of the molecule is O=C(O)N(Cc1ccccc1)C1CCC(NCC(F)(F)F)CC1. The number of rotatable bonds is 5. The Labute approximate surface area is 133 Å². The number of nitrogens with one attached hydrogen (secondary N) is 1. The van der Waals surface area contributed by atoms with Crippen LogP contribution in [0.1, 0.15) is 31.2 Å². The summed E-state index contributed by atoms with van der Waals surface area (Å²) in [4.78, 5) is 12.9. The third kappa shape index (κ3) is 5.74. The summed E-state index contributed by atoms with van der Waals surface area (Å²) in [5.41, 5.74) is 0.909. The lowest BCUT2D eigenvalue weighted by molar-refractivity contribution is -0.126. The van der Waals surface area contributed by atoms with Crippen molar-refractivity contribution in [1.82, 2.24) is 10.2 Å². The van der Waals surface area contributed by atoms with E-state index in [1.807, 2.05) is 30.3 Å². The highest BCUT2D eigenvalue weighted by Crippen LogP contribution is 2.25. The van der Waals surface area contributed by atoms with Gasteiger partial charge in [0.15, 0.2) is 0 Å². The van der Waals surface area contributed by atoms with Gasteiger partial charge in [0.2, 0.25) is 0 Å². The molecule has 0 radical (unpaired) electrons. The Morgan fingerprint density at radius 1 is 1.17 bits per heavy atom. The molecular weight excluding hydrogens is 309 g/mol. The molecule has 0 atom stereocenters. The van der Waals surface area contributed by atoms with Crippen molar-refractivity contribution in [3.63, 3.8) is 0 Å². The van der Waals surface area contributed by atoms with E-state index in [4.69, 9.17) is 0 Å². The number of carboxylic acid groups (broad SMARTS) is 1. The minimum Gasteiger partial charge on any atom is -0.465 e. The lowest BCUT2D eigenvalue weighted by Crippen LogP contribution is -2.45. The van der Waals surface area contributed by atoms with Crippen LogP contribution in [0, 0.1) is 0 Å². The largest absolute Gasteiger partial charge is 0.465 e. The summed E-state index contributed by atoms with van der Waals surface area (Å²) in [6.45, 7) is -0.684. The van der Waals surface area contributed by atoms with Gasteiger partial charge in [-0.25, -0.2) is 4.79 Å². The number of alkyl halides is 3. The maximum absolute atomic E-state index is 12.2. The van der Waals surface area contributed by atoms with E-state index in [1.54, 1.807) is 0 Å². The summed E-state index contributed by atoms with van der Waals surface area (Å²) in [6.07, 6.45) is -2.93. The lowest BCUT2D eigenvalue weighted by atomic mass is 9.90. The van der Waals surface area contributed by atoms with Crippen LogP contribution in [0.25, 0.3) is 0 Å². The summed E-state index contributed by atoms with van der Waals surface area (Å²) in [7, 11) is 0. The van der Waals surface area contributed by atoms with Gasteiger partial charge in [0.05, 0.1) is 6.54 Å². The molecule has 0 heterocycles. The molecule has 0 saturated heterocycles. The number of carbonyl (C=O) groups is 1. The van der Waals surface area contributed by atoms with E-state index >= 15 is 0 Å². The van der Waals surface area contributed by atoms with Crippen molar-refractivity contribution < 1.29 is 23.1 Å². The fraction of sp³-hybridized carbons (Fsp3) is 0.562. The molecule has 0 bridgehead atoms. The summed E-state index contributed by atoms with van der Waals surface area (Å²) in [6, 6.07) is 8.97. The molecule has 1 aromatic carbocycles. The summed E-state index contributed by atoms with van der Waals surface area (Å²) >= 11 is 0. The molecule has 1 aliphatic rings. The molecule has 23 heavy (non-hydrogen) atoms. The van der Waals surface area contributed by atoms with Crippen molar-refractivity contribution in [2.45, 2.75) is 50.5 Å². The molecule has 1 aliphatic carbocycles. The first-order valence-electron chi connectivity index (χ1n) is 7.69. The third-order valence-electron chi connectivity index (χ3n) is 4.17. The Kier molecular flexibility index (Phi) is 5.87. The molecule has 4 nitrogen and oxygen atoms in total. The van der Waals surface area contributed by atoms with Gasteiger partial charge in [-0.15, -0.1) is 0 Å². The van der Waals surface area contributed by atoms with Crippen molar-refractivity contribution in [2.24, 2.45) is 0 Å². The number of hydrogen-bond acceptors (Lipinski definition) is 2. The molecule has 7 heteroatoms. The predicted molar refractivity (Wildman–Crippen MR) is 80.1 cm³/mol. The number of benzene rings is 1. The molecular formula is C16H21F3N2O2. The Morgan fingerprint density at radius 3 is 2.30 bits per heavy atom. The first-order valence-corrected chi connectivity index (χ1v) is 7.69. The van der Waals surface area contributed by atoms with Crippen LogP contribution in [0.15, 0.2) is 30.3 Å². The van der Waals surface area contributed by atoms with Crippen LogP contribution >= 0.6 is 0 Å². The van der Waals surface area contributed by atoms with E-state index in [2.05, 4.69) is 5.32 Å². The normalized spacial score (nSPS) is 21.9. The average Bonchev–Trinajstić information content (AvgIpc) is 2.51. The minimum absolute atomic E-state index is 0.142. The standard InChI is InChI=1S/C16H21F3N2O2/c17-16(18,19)11-20-13-6-8-14(9-7-13)21(15(22)23)10-12-4-2-1-3-5-12/h1-5,13-14,20H,6-11H2,(H,22,23). The number of nitrogens with zero attached hydrogens (tertiary/aromatic N) is 1. The van der Waals surface area contributed by atoms with E-state index in [9.17, 15) is 23.1 Å². The minimum atomic E-state index is -4.21. The van der Waals surface area contributed by atoms with Gasteiger partial charge in [-0.1, -0.05) is 30.3 Å². The molecule has 0 spiro atoms. The van der Waals surface area contributed by atoms with Crippen LogP contribution in [0.2, 0.25) is 0 Å². The van der Waals surface area contributed by atoms with Crippen LogP contribution in [0.5, 0.6) is 0 Å². The van der Waals surface area contributed by atoms with Gasteiger partial charge in [0, 0.05) is 18.6 Å². The van der Waals surface area contributed by atoms with Gasteiger partial charge < -0.3 is 15.3 Å². The van der Waals surface area contributed by atoms with Crippen molar-refractivity contribution in [2.75, 3.05) is 6.54 Å². The first-order chi connectivity index (χ1) is 10.8. The average molecular weight is 330 g/mol. The monoisotopic (exact) mass is 330 g/mol. The van der Waals surface area contributed by atoms with E-state index in [0.717, 1.165) is 5.56 Å². The lowest BCUT2D eigenvalue weighted by Gasteiger charge is -2.35. The van der Waals surface area contributed by atoms with Gasteiger partial charge in [0.1, 0.15) is 0 Å². The summed E-state index contributed by atoms with van der Waals surface area (Å²) in [5.74, 6) is 0. The second-order valence-electron chi connectivity index (χ2n) is 5.90. The molecule has 1 aromatic rings. The van der Waals surface area contributed by atoms with Crippen LogP contribution in [-0.4, -0.2) is 40.9 Å². The van der Waals surface area contributed by atoms with Crippen LogP contribution in [0.4, 0.5) is 18.0 Å². The fourth-order valence-electron chi connectivity index (χ4n) is 2.98. The number of halogens is 3. The topological polar surface area (TPSA) is 52.6 Å². The van der Waals surface area contributed by atoms with Crippen molar-refractivity contribution in [1.29, 1.82) is 0 Å². The highest BCUT2D eigenvalue weighted by molar-refractivity contribution is 5.65. The van der Waals surface area contributed by atoms with Gasteiger partial charge in [0.25, 0.3) is 0 Å². The molecule has 128 valence electrons. The Morgan fingerprint density at radius 2 is 1.78 bits per heavy atom. The second kappa shape index (κ2) is 7.68. The van der Waals surface area contributed by atoms with Gasteiger partial charge in [-0.2, -0.15) is 13.2 Å². The Balaban J connectivity index is 1.87. The number of hydrogen-bond donors (Lipinski definition) is 2. The molecule has 0 unspecified atom stereocenters. The maximum atomic E-state index is 12.2. The van der Waals surface area contributed by atoms with Gasteiger partial charge >= 0.3 is 12.3 Å². The molecule has 1 saturated carbocycles. The van der Waals surface area contributed by atoms with Gasteiger partial charge in [-0.05, 0) is 31.2 Å². The highest BCUT2D eigenvalue weighted by atomic mass is 19.4. The van der Waals surface area contributed by atoms with Crippen molar-refractivity contribution >= 4 is 6.09 Å². The van der Waals surface area contributed by atoms with Crippen LogP contribution in [0.3, 0.4) is 0 Å². The zero-order chi connectivity index (χ0) is 16.9. The van der Waals surface area contributed by atoms with E-state index in [0.29, 0.717) is 32.2 Å². The summed E-state index contributed by atoms with van der Waals surface area (Å²) < 4.78 is 36.6. The molecule has 2 rings (SSSR count). The number of amides is 1. The van der Waals surface area contributed by atoms with E-state index < -0.39 is 18.8 Å². The zero-order valence-electron chi connectivity index (χ0n) is 12.7. The molecule has 0 aromatic heterocycles. The van der Waals surface area contributed by atoms with E-state index in [-0.39, 0.29) is 12.1 Å². The van der Waals surface area contributed by atoms with Crippen molar-refractivity contribution in [3.8, 4) is 0 Å². The summed E-state index contributed by atoms with van der Waals surface area (Å²) in [5, 5.41) is 11.9. The van der Waals surface area contributed by atoms with Gasteiger partial charge in [-0.3, -0.25) is 0 Å². The smallest absolute Gasteiger partial charge is 0.407 e. The Hall–Kier alpha value is -1.76. The zero-order valence-corrected chi connectivity index (χ0v) is 12.7. The Bertz CT molecular complexity index is 500. The fourth-order valence-corrected chi connectivity index (χ4v) is 2.98. The highest BCUT2D eigenvalue weighted by Gasteiger charge is 2.32. The van der Waals surface area contributed by atoms with E-state index in [1.165, 1.54) is 4.90 Å². The second-order valence-corrected chi connectivity index (χ2v) is 5.90. The quantitative estimate of drug-likeness (QED) is 0.867. The first kappa shape index (κ1) is 17.6. The molecule has 1 fully saturated rings.